The molecule has 2 aliphatic carbocycles. The van der Waals surface area contributed by atoms with Crippen LogP contribution in [0.25, 0.3) is 0 Å². The Balaban J connectivity index is 1.29. The molecule has 1 saturated heterocycles. The second-order valence-electron chi connectivity index (χ2n) is 9.31. The van der Waals surface area contributed by atoms with Gasteiger partial charge in [-0.2, -0.15) is 0 Å². The van der Waals surface area contributed by atoms with Crippen molar-refractivity contribution in [2.45, 2.75) is 84.5 Å². The quantitative estimate of drug-likeness (QED) is 0.728. The molecule has 0 aromatic carbocycles. The fourth-order valence-corrected chi connectivity index (χ4v) is 4.81. The van der Waals surface area contributed by atoms with Gasteiger partial charge in [0.15, 0.2) is 0 Å². The minimum atomic E-state index is 0.567. The Kier molecular flexibility index (Phi) is 6.62. The van der Waals surface area contributed by atoms with E-state index in [9.17, 15) is 0 Å². The van der Waals surface area contributed by atoms with E-state index in [4.69, 9.17) is 4.74 Å². The number of nitrogens with zero attached hydrogens (tertiary/aromatic N) is 2. The van der Waals surface area contributed by atoms with Crippen LogP contribution in [-0.2, 0) is 4.74 Å². The Morgan fingerprint density at radius 3 is 2.00 bits per heavy atom. The van der Waals surface area contributed by atoms with Gasteiger partial charge in [0.2, 0.25) is 0 Å². The lowest BCUT2D eigenvalue weighted by molar-refractivity contribution is -0.0993. The van der Waals surface area contributed by atoms with Gasteiger partial charge >= 0.3 is 0 Å². The van der Waals surface area contributed by atoms with Crippen molar-refractivity contribution in [3.63, 3.8) is 0 Å². The zero-order valence-electron chi connectivity index (χ0n) is 16.5. The molecular weight excluding hydrogens is 296 g/mol. The third kappa shape index (κ3) is 4.95. The Bertz CT molecular complexity index is 362. The van der Waals surface area contributed by atoms with Crippen molar-refractivity contribution in [1.82, 2.24) is 9.80 Å². The lowest BCUT2D eigenvalue weighted by atomic mass is 9.75. The zero-order valence-corrected chi connectivity index (χ0v) is 16.5. The van der Waals surface area contributed by atoms with E-state index < -0.39 is 0 Å². The predicted molar refractivity (Wildman–Crippen MR) is 101 cm³/mol. The maximum Gasteiger partial charge on any atom is 0.0584 e. The highest BCUT2D eigenvalue weighted by atomic mass is 16.5. The summed E-state index contributed by atoms with van der Waals surface area (Å²) in [6, 6.07) is 0.710. The SMILES string of the molecule is CC(C)C1CC(OC2CCC(CN3CCN(C(C)C)CC3)CC2)C1. The van der Waals surface area contributed by atoms with Gasteiger partial charge in [0.25, 0.3) is 0 Å². The number of rotatable bonds is 6. The molecule has 0 N–H and O–H groups in total. The van der Waals surface area contributed by atoms with Crippen LogP contribution in [0.5, 0.6) is 0 Å². The predicted octanol–water partition coefficient (Wildman–Crippen LogP) is 4.02. The highest BCUT2D eigenvalue weighted by molar-refractivity contribution is 4.85. The summed E-state index contributed by atoms with van der Waals surface area (Å²) in [6.07, 6.45) is 9.17. The van der Waals surface area contributed by atoms with Gasteiger partial charge in [-0.15, -0.1) is 0 Å². The van der Waals surface area contributed by atoms with E-state index in [1.807, 2.05) is 0 Å². The van der Waals surface area contributed by atoms with Crippen LogP contribution >= 0.6 is 0 Å². The zero-order chi connectivity index (χ0) is 17.1. The first kappa shape index (κ1) is 18.7. The summed E-state index contributed by atoms with van der Waals surface area (Å²) >= 11 is 0. The van der Waals surface area contributed by atoms with Crippen LogP contribution in [0.2, 0.25) is 0 Å². The maximum atomic E-state index is 6.37. The molecule has 2 saturated carbocycles. The number of hydrogen-bond donors (Lipinski definition) is 0. The summed E-state index contributed by atoms with van der Waals surface area (Å²) in [5, 5.41) is 0. The number of piperazine rings is 1. The molecule has 3 heteroatoms. The van der Waals surface area contributed by atoms with Gasteiger partial charge in [-0.25, -0.2) is 0 Å². The molecular formula is C21H40N2O. The van der Waals surface area contributed by atoms with Gasteiger partial charge in [0.05, 0.1) is 12.2 Å². The normalized spacial score (nSPS) is 36.2. The summed E-state index contributed by atoms with van der Waals surface area (Å²) in [5.41, 5.74) is 0. The van der Waals surface area contributed by atoms with Crippen LogP contribution in [0.3, 0.4) is 0 Å². The third-order valence-corrected chi connectivity index (χ3v) is 6.91. The van der Waals surface area contributed by atoms with Gasteiger partial charge in [-0.05, 0) is 70.1 Å². The molecule has 3 nitrogen and oxygen atoms in total. The van der Waals surface area contributed by atoms with Gasteiger partial charge < -0.3 is 9.64 Å². The molecule has 3 rings (SSSR count). The molecule has 0 aromatic rings. The number of ether oxygens (including phenoxy) is 1. The molecule has 0 radical (unpaired) electrons. The molecule has 0 aromatic heterocycles. The Morgan fingerprint density at radius 1 is 0.833 bits per heavy atom. The molecule has 0 atom stereocenters. The summed E-state index contributed by atoms with van der Waals surface area (Å²) in [5.74, 6) is 2.69. The minimum Gasteiger partial charge on any atom is -0.375 e. The first-order valence-electron chi connectivity index (χ1n) is 10.6. The van der Waals surface area contributed by atoms with E-state index in [0.717, 1.165) is 17.8 Å². The molecule has 1 aliphatic heterocycles. The minimum absolute atomic E-state index is 0.567. The van der Waals surface area contributed by atoms with Crippen molar-refractivity contribution >= 4 is 0 Å². The summed E-state index contributed by atoms with van der Waals surface area (Å²) < 4.78 is 6.37. The molecule has 3 fully saturated rings. The monoisotopic (exact) mass is 336 g/mol. The average molecular weight is 337 g/mol. The fourth-order valence-electron chi connectivity index (χ4n) is 4.81. The van der Waals surface area contributed by atoms with Crippen LogP contribution in [0, 0.1) is 17.8 Å². The lowest BCUT2D eigenvalue weighted by Gasteiger charge is -2.42. The Labute approximate surface area is 150 Å². The lowest BCUT2D eigenvalue weighted by Crippen LogP contribution is -2.50. The molecule has 0 unspecified atom stereocenters. The molecule has 3 aliphatic rings. The van der Waals surface area contributed by atoms with Crippen molar-refractivity contribution in [2.24, 2.45) is 17.8 Å². The molecule has 140 valence electrons. The summed E-state index contributed by atoms with van der Waals surface area (Å²) in [7, 11) is 0. The molecule has 0 amide bonds. The van der Waals surface area contributed by atoms with Crippen molar-refractivity contribution in [2.75, 3.05) is 32.7 Å². The van der Waals surface area contributed by atoms with Crippen molar-refractivity contribution < 1.29 is 4.74 Å². The van der Waals surface area contributed by atoms with Crippen LogP contribution < -0.4 is 0 Å². The van der Waals surface area contributed by atoms with E-state index in [0.29, 0.717) is 18.2 Å². The molecule has 24 heavy (non-hydrogen) atoms. The van der Waals surface area contributed by atoms with Gasteiger partial charge in [0, 0.05) is 38.8 Å². The van der Waals surface area contributed by atoms with E-state index >= 15 is 0 Å². The van der Waals surface area contributed by atoms with Crippen molar-refractivity contribution in [1.29, 1.82) is 0 Å². The molecule has 0 bridgehead atoms. The van der Waals surface area contributed by atoms with Gasteiger partial charge in [0.1, 0.15) is 0 Å². The Hall–Kier alpha value is -0.120. The van der Waals surface area contributed by atoms with E-state index in [-0.39, 0.29) is 0 Å². The average Bonchev–Trinajstić information content (AvgIpc) is 2.52. The largest absolute Gasteiger partial charge is 0.375 e. The molecule has 1 heterocycles. The second-order valence-corrected chi connectivity index (χ2v) is 9.31. The van der Waals surface area contributed by atoms with Gasteiger partial charge in [-0.1, -0.05) is 13.8 Å². The van der Waals surface area contributed by atoms with Crippen molar-refractivity contribution in [3.8, 4) is 0 Å². The van der Waals surface area contributed by atoms with Crippen molar-refractivity contribution in [3.05, 3.63) is 0 Å². The van der Waals surface area contributed by atoms with E-state index in [1.165, 1.54) is 71.2 Å². The Morgan fingerprint density at radius 2 is 1.46 bits per heavy atom. The topological polar surface area (TPSA) is 15.7 Å². The van der Waals surface area contributed by atoms with E-state index in [2.05, 4.69) is 37.5 Å². The number of hydrogen-bond acceptors (Lipinski definition) is 3. The summed E-state index contributed by atoms with van der Waals surface area (Å²) in [6.45, 7) is 15.7. The van der Waals surface area contributed by atoms with Gasteiger partial charge in [-0.3, -0.25) is 4.90 Å². The third-order valence-electron chi connectivity index (χ3n) is 6.91. The maximum absolute atomic E-state index is 6.37. The standard InChI is InChI=1S/C21H40N2O/c1-16(2)19-13-21(14-19)24-20-7-5-18(6-8-20)15-22-9-11-23(12-10-22)17(3)4/h16-21H,5-15H2,1-4H3. The van der Waals surface area contributed by atoms with Crippen LogP contribution in [0.1, 0.15) is 66.2 Å². The fraction of sp³-hybridized carbons (Fsp3) is 1.00. The first-order chi connectivity index (χ1) is 11.5. The first-order valence-corrected chi connectivity index (χ1v) is 10.6. The summed E-state index contributed by atoms with van der Waals surface area (Å²) in [4.78, 5) is 5.33. The van der Waals surface area contributed by atoms with Crippen LogP contribution in [-0.4, -0.2) is 60.8 Å². The van der Waals surface area contributed by atoms with Crippen LogP contribution in [0.4, 0.5) is 0 Å². The van der Waals surface area contributed by atoms with Crippen LogP contribution in [0.15, 0.2) is 0 Å². The smallest absolute Gasteiger partial charge is 0.0584 e. The molecule has 0 spiro atoms. The highest BCUT2D eigenvalue weighted by Crippen LogP contribution is 2.38. The van der Waals surface area contributed by atoms with E-state index in [1.54, 1.807) is 0 Å². The second kappa shape index (κ2) is 8.51. The highest BCUT2D eigenvalue weighted by Gasteiger charge is 2.34.